The van der Waals surface area contributed by atoms with Gasteiger partial charge in [-0.25, -0.2) is 0 Å². The Balaban J connectivity index is 1.78. The number of aliphatic carboxylic acids is 1. The summed E-state index contributed by atoms with van der Waals surface area (Å²) in [7, 11) is 0. The standard InChI is InChI=1S/C23H24O3S/c1-23(2,3)18-6-4-5-16(13-18)20(24)12-15-7-9-21-17(11-15)14-19(27-21)8-10-22(25)26/h4-7,9,11,13-14H,8,10,12H2,1-3H3,(H,25,26). The molecule has 0 unspecified atom stereocenters. The highest BCUT2D eigenvalue weighted by Crippen LogP contribution is 2.28. The largest absolute Gasteiger partial charge is 0.481 e. The first-order valence-electron chi connectivity index (χ1n) is 9.09. The van der Waals surface area contributed by atoms with Crippen molar-refractivity contribution in [3.05, 3.63) is 70.1 Å². The summed E-state index contributed by atoms with van der Waals surface area (Å²) in [6.07, 6.45) is 1.05. The molecule has 0 aliphatic heterocycles. The summed E-state index contributed by atoms with van der Waals surface area (Å²) >= 11 is 1.62. The van der Waals surface area contributed by atoms with Crippen molar-refractivity contribution in [3.63, 3.8) is 0 Å². The average molecular weight is 381 g/mol. The lowest BCUT2D eigenvalue weighted by Gasteiger charge is -2.19. The minimum absolute atomic E-state index is 0.0121. The molecule has 3 nitrogen and oxygen atoms in total. The van der Waals surface area contributed by atoms with Crippen LogP contribution in [-0.4, -0.2) is 16.9 Å². The molecule has 0 atom stereocenters. The normalized spacial score (nSPS) is 11.7. The van der Waals surface area contributed by atoms with Gasteiger partial charge in [0.05, 0.1) is 6.42 Å². The number of carbonyl (C=O) groups excluding carboxylic acids is 1. The predicted molar refractivity (Wildman–Crippen MR) is 111 cm³/mol. The summed E-state index contributed by atoms with van der Waals surface area (Å²) in [4.78, 5) is 24.6. The Morgan fingerprint density at radius 3 is 2.52 bits per heavy atom. The number of carbonyl (C=O) groups is 2. The number of hydrogen-bond acceptors (Lipinski definition) is 3. The number of carboxylic acid groups (broad SMARTS) is 1. The van der Waals surface area contributed by atoms with Crippen LogP contribution in [0.25, 0.3) is 10.1 Å². The van der Waals surface area contributed by atoms with Gasteiger partial charge in [0.1, 0.15) is 0 Å². The van der Waals surface area contributed by atoms with Gasteiger partial charge in [0.2, 0.25) is 0 Å². The zero-order valence-corrected chi connectivity index (χ0v) is 16.7. The third-order valence-corrected chi connectivity index (χ3v) is 5.81. The van der Waals surface area contributed by atoms with Crippen molar-refractivity contribution in [2.24, 2.45) is 0 Å². The Hall–Kier alpha value is -2.46. The van der Waals surface area contributed by atoms with Crippen LogP contribution in [0, 0.1) is 0 Å². The molecule has 4 heteroatoms. The Labute approximate surface area is 163 Å². The van der Waals surface area contributed by atoms with Gasteiger partial charge in [-0.3, -0.25) is 9.59 Å². The number of aryl methyl sites for hydroxylation is 1. The van der Waals surface area contributed by atoms with Gasteiger partial charge in [0.15, 0.2) is 5.78 Å². The van der Waals surface area contributed by atoms with Crippen LogP contribution in [0.3, 0.4) is 0 Å². The SMILES string of the molecule is CC(C)(C)c1cccc(C(=O)Cc2ccc3sc(CCC(=O)O)cc3c2)c1. The van der Waals surface area contributed by atoms with Crippen LogP contribution in [0.4, 0.5) is 0 Å². The third kappa shape index (κ3) is 4.83. The van der Waals surface area contributed by atoms with Crippen LogP contribution < -0.4 is 0 Å². The molecule has 27 heavy (non-hydrogen) atoms. The Bertz CT molecular complexity index is 992. The first-order chi connectivity index (χ1) is 12.7. The molecule has 0 spiro atoms. The molecule has 1 heterocycles. The number of thiophene rings is 1. The van der Waals surface area contributed by atoms with Crippen LogP contribution in [0.15, 0.2) is 48.5 Å². The van der Waals surface area contributed by atoms with E-state index in [-0.39, 0.29) is 17.6 Å². The van der Waals surface area contributed by atoms with Crippen LogP contribution in [0.5, 0.6) is 0 Å². The second kappa shape index (κ2) is 7.65. The lowest BCUT2D eigenvalue weighted by molar-refractivity contribution is -0.136. The van der Waals surface area contributed by atoms with Crippen molar-refractivity contribution < 1.29 is 14.7 Å². The number of benzene rings is 2. The van der Waals surface area contributed by atoms with Crippen molar-refractivity contribution >= 4 is 33.2 Å². The number of fused-ring (bicyclic) bond motifs is 1. The molecular formula is C23H24O3S. The molecule has 1 N–H and O–H groups in total. The van der Waals surface area contributed by atoms with Gasteiger partial charge in [-0.05, 0) is 52.6 Å². The maximum Gasteiger partial charge on any atom is 0.303 e. The highest BCUT2D eigenvalue weighted by Gasteiger charge is 2.16. The smallest absolute Gasteiger partial charge is 0.303 e. The van der Waals surface area contributed by atoms with E-state index in [1.807, 2.05) is 42.5 Å². The van der Waals surface area contributed by atoms with E-state index in [0.29, 0.717) is 12.8 Å². The Morgan fingerprint density at radius 1 is 1.04 bits per heavy atom. The first kappa shape index (κ1) is 19.3. The zero-order chi connectivity index (χ0) is 19.6. The van der Waals surface area contributed by atoms with Gasteiger partial charge in [-0.2, -0.15) is 0 Å². The molecule has 2 aromatic carbocycles. The number of hydrogen-bond donors (Lipinski definition) is 1. The van der Waals surface area contributed by atoms with Crippen LogP contribution in [0.1, 0.15) is 53.6 Å². The molecule has 0 bridgehead atoms. The van der Waals surface area contributed by atoms with Gasteiger partial charge >= 0.3 is 5.97 Å². The minimum Gasteiger partial charge on any atom is -0.481 e. The van der Waals surface area contributed by atoms with Gasteiger partial charge in [0.25, 0.3) is 0 Å². The van der Waals surface area contributed by atoms with E-state index >= 15 is 0 Å². The fraction of sp³-hybridized carbons (Fsp3) is 0.304. The molecular weight excluding hydrogens is 356 g/mol. The van der Waals surface area contributed by atoms with Crippen LogP contribution in [0.2, 0.25) is 0 Å². The molecule has 0 saturated carbocycles. The lowest BCUT2D eigenvalue weighted by Crippen LogP contribution is -2.12. The summed E-state index contributed by atoms with van der Waals surface area (Å²) in [6, 6.07) is 16.0. The van der Waals surface area contributed by atoms with Crippen molar-refractivity contribution in [2.45, 2.75) is 45.4 Å². The number of carboxylic acids is 1. The quantitative estimate of drug-likeness (QED) is 0.563. The van der Waals surface area contributed by atoms with E-state index in [4.69, 9.17) is 5.11 Å². The van der Waals surface area contributed by atoms with Gasteiger partial charge < -0.3 is 5.11 Å². The second-order valence-electron chi connectivity index (χ2n) is 7.91. The number of ketones is 1. The maximum absolute atomic E-state index is 12.7. The van der Waals surface area contributed by atoms with Crippen molar-refractivity contribution in [2.75, 3.05) is 0 Å². The van der Waals surface area contributed by atoms with E-state index in [1.54, 1.807) is 11.3 Å². The molecule has 3 aromatic rings. The minimum atomic E-state index is -0.781. The van der Waals surface area contributed by atoms with E-state index < -0.39 is 5.97 Å². The van der Waals surface area contributed by atoms with Gasteiger partial charge in [-0.1, -0.05) is 45.0 Å². The molecule has 0 radical (unpaired) electrons. The molecule has 0 aliphatic carbocycles. The fourth-order valence-corrected chi connectivity index (χ4v) is 4.10. The Morgan fingerprint density at radius 2 is 1.81 bits per heavy atom. The van der Waals surface area contributed by atoms with E-state index in [1.165, 1.54) is 0 Å². The highest BCUT2D eigenvalue weighted by atomic mass is 32.1. The van der Waals surface area contributed by atoms with E-state index in [0.717, 1.165) is 31.7 Å². The maximum atomic E-state index is 12.7. The molecule has 3 rings (SSSR count). The predicted octanol–water partition coefficient (Wildman–Crippen LogP) is 5.64. The Kier molecular flexibility index (Phi) is 5.47. The van der Waals surface area contributed by atoms with Crippen molar-refractivity contribution in [3.8, 4) is 0 Å². The summed E-state index contributed by atoms with van der Waals surface area (Å²) in [5, 5.41) is 9.92. The third-order valence-electron chi connectivity index (χ3n) is 4.63. The highest BCUT2D eigenvalue weighted by molar-refractivity contribution is 7.19. The monoisotopic (exact) mass is 380 g/mol. The average Bonchev–Trinajstić information content (AvgIpc) is 3.01. The van der Waals surface area contributed by atoms with Crippen molar-refractivity contribution in [1.82, 2.24) is 0 Å². The van der Waals surface area contributed by atoms with E-state index in [2.05, 4.69) is 26.8 Å². The molecule has 0 saturated heterocycles. The fourth-order valence-electron chi connectivity index (χ4n) is 3.06. The summed E-state index contributed by atoms with van der Waals surface area (Å²) < 4.78 is 1.13. The number of Topliss-reactive ketones (excluding diaryl/α,β-unsaturated/α-hetero) is 1. The summed E-state index contributed by atoms with van der Waals surface area (Å²) in [5.74, 6) is -0.669. The molecule has 140 valence electrons. The van der Waals surface area contributed by atoms with Crippen molar-refractivity contribution in [1.29, 1.82) is 0 Å². The zero-order valence-electron chi connectivity index (χ0n) is 15.9. The molecule has 0 amide bonds. The lowest BCUT2D eigenvalue weighted by atomic mass is 9.85. The van der Waals surface area contributed by atoms with Gasteiger partial charge in [0, 0.05) is 21.6 Å². The number of rotatable bonds is 6. The first-order valence-corrected chi connectivity index (χ1v) is 9.91. The second-order valence-corrected chi connectivity index (χ2v) is 9.08. The molecule has 0 aliphatic rings. The molecule has 1 aromatic heterocycles. The van der Waals surface area contributed by atoms with Gasteiger partial charge in [-0.15, -0.1) is 11.3 Å². The molecule has 0 fully saturated rings. The topological polar surface area (TPSA) is 54.4 Å². The van der Waals surface area contributed by atoms with E-state index in [9.17, 15) is 9.59 Å². The van der Waals surface area contributed by atoms with Crippen LogP contribution in [-0.2, 0) is 23.1 Å². The summed E-state index contributed by atoms with van der Waals surface area (Å²) in [5.41, 5.74) is 2.90. The summed E-state index contributed by atoms with van der Waals surface area (Å²) in [6.45, 7) is 6.43. The van der Waals surface area contributed by atoms with Crippen LogP contribution >= 0.6 is 11.3 Å².